The number of aliphatic imine (C=N–C) groups is 1. The maximum Gasteiger partial charge on any atom is 0.305 e. The number of nitrogens with one attached hydrogen (secondary N) is 2. The summed E-state index contributed by atoms with van der Waals surface area (Å²) >= 11 is 0. The predicted octanol–water partition coefficient (Wildman–Crippen LogP) is 3.95. The molecule has 1 fully saturated rings. The van der Waals surface area contributed by atoms with Gasteiger partial charge in [-0.1, -0.05) is 31.0 Å². The second-order valence-electron chi connectivity index (χ2n) is 7.14. The average Bonchev–Trinajstić information content (AvgIpc) is 3.17. The van der Waals surface area contributed by atoms with Crippen LogP contribution in [-0.4, -0.2) is 50.8 Å². The first-order chi connectivity index (χ1) is 13.7. The molecule has 1 heterocycles. The Balaban J connectivity index is 0.00000420. The van der Waals surface area contributed by atoms with Crippen molar-refractivity contribution in [2.24, 2.45) is 4.99 Å². The molecule has 1 aliphatic heterocycles. The van der Waals surface area contributed by atoms with Gasteiger partial charge in [0.15, 0.2) is 5.96 Å². The molecular formula is C22H37IN4O2. The van der Waals surface area contributed by atoms with Crippen molar-refractivity contribution in [3.05, 3.63) is 30.3 Å². The van der Waals surface area contributed by atoms with Crippen LogP contribution < -0.4 is 15.5 Å². The number of hydrogen-bond donors (Lipinski definition) is 2. The number of guanidine groups is 1. The third kappa shape index (κ3) is 10.2. The molecule has 1 unspecified atom stereocenters. The lowest BCUT2D eigenvalue weighted by Gasteiger charge is -2.20. The van der Waals surface area contributed by atoms with Gasteiger partial charge in [0.2, 0.25) is 0 Å². The zero-order chi connectivity index (χ0) is 20.0. The number of hydrogen-bond acceptors (Lipinski definition) is 4. The van der Waals surface area contributed by atoms with E-state index in [0.717, 1.165) is 64.2 Å². The van der Waals surface area contributed by atoms with Gasteiger partial charge in [0.25, 0.3) is 0 Å². The van der Waals surface area contributed by atoms with Gasteiger partial charge in [-0.2, -0.15) is 0 Å². The molecule has 1 aliphatic rings. The van der Waals surface area contributed by atoms with Crippen LogP contribution in [0.4, 0.5) is 5.69 Å². The van der Waals surface area contributed by atoms with Gasteiger partial charge in [-0.25, -0.2) is 0 Å². The molecule has 0 spiro atoms. The molecule has 29 heavy (non-hydrogen) atoms. The lowest BCUT2D eigenvalue weighted by atomic mass is 10.1. The van der Waals surface area contributed by atoms with Crippen LogP contribution in [0.2, 0.25) is 0 Å². The van der Waals surface area contributed by atoms with Crippen molar-refractivity contribution >= 4 is 41.6 Å². The monoisotopic (exact) mass is 516 g/mol. The Morgan fingerprint density at radius 1 is 1.17 bits per heavy atom. The number of nitrogens with zero attached hydrogens (tertiary/aromatic N) is 2. The molecule has 2 N–H and O–H groups in total. The number of para-hydroxylation sites is 1. The van der Waals surface area contributed by atoms with Crippen LogP contribution >= 0.6 is 24.0 Å². The zero-order valence-electron chi connectivity index (χ0n) is 17.9. The first-order valence-electron chi connectivity index (χ1n) is 10.7. The van der Waals surface area contributed by atoms with Gasteiger partial charge in [-0.05, 0) is 45.2 Å². The molecule has 0 saturated carbocycles. The van der Waals surface area contributed by atoms with Gasteiger partial charge in [-0.15, -0.1) is 24.0 Å². The minimum Gasteiger partial charge on any atom is -0.466 e. The Morgan fingerprint density at radius 2 is 1.93 bits per heavy atom. The highest BCUT2D eigenvalue weighted by atomic mass is 127. The predicted molar refractivity (Wildman–Crippen MR) is 131 cm³/mol. The van der Waals surface area contributed by atoms with Gasteiger partial charge in [0.05, 0.1) is 6.61 Å². The van der Waals surface area contributed by atoms with E-state index >= 15 is 0 Å². The molecule has 0 amide bonds. The SMILES string of the molecule is CCNC(=NCCCCCCC(=O)OCC)NC1CCN(c2ccccc2)C1.I. The van der Waals surface area contributed by atoms with E-state index in [-0.39, 0.29) is 29.9 Å². The van der Waals surface area contributed by atoms with E-state index in [9.17, 15) is 4.79 Å². The third-order valence-corrected chi connectivity index (χ3v) is 4.86. The Labute approximate surface area is 192 Å². The summed E-state index contributed by atoms with van der Waals surface area (Å²) in [6.45, 7) is 8.15. The van der Waals surface area contributed by atoms with Crippen molar-refractivity contribution in [1.82, 2.24) is 10.6 Å². The van der Waals surface area contributed by atoms with E-state index in [4.69, 9.17) is 9.73 Å². The van der Waals surface area contributed by atoms with Crippen LogP contribution in [-0.2, 0) is 9.53 Å². The molecular weight excluding hydrogens is 479 g/mol. The highest BCUT2D eigenvalue weighted by Crippen LogP contribution is 2.19. The van der Waals surface area contributed by atoms with Crippen LogP contribution in [0, 0.1) is 0 Å². The van der Waals surface area contributed by atoms with Crippen molar-refractivity contribution in [2.45, 2.75) is 58.4 Å². The number of ether oxygens (including phenoxy) is 1. The topological polar surface area (TPSA) is 66.0 Å². The highest BCUT2D eigenvalue weighted by molar-refractivity contribution is 14.0. The van der Waals surface area contributed by atoms with Crippen LogP contribution in [0.5, 0.6) is 0 Å². The number of benzene rings is 1. The number of esters is 1. The summed E-state index contributed by atoms with van der Waals surface area (Å²) in [4.78, 5) is 18.5. The Morgan fingerprint density at radius 3 is 2.66 bits per heavy atom. The molecule has 0 aliphatic carbocycles. The molecule has 6 nitrogen and oxygen atoms in total. The van der Waals surface area contributed by atoms with E-state index in [1.165, 1.54) is 5.69 Å². The number of carbonyl (C=O) groups is 1. The fourth-order valence-electron chi connectivity index (χ4n) is 3.42. The zero-order valence-corrected chi connectivity index (χ0v) is 20.2. The molecule has 1 aromatic rings. The minimum absolute atomic E-state index is 0. The van der Waals surface area contributed by atoms with E-state index < -0.39 is 0 Å². The molecule has 0 radical (unpaired) electrons. The Bertz CT molecular complexity index is 598. The highest BCUT2D eigenvalue weighted by Gasteiger charge is 2.23. The molecule has 1 saturated heterocycles. The normalized spacial score (nSPS) is 16.3. The first kappa shape index (κ1) is 25.5. The van der Waals surface area contributed by atoms with E-state index in [2.05, 4.69) is 52.8 Å². The van der Waals surface area contributed by atoms with Crippen LogP contribution in [0.1, 0.15) is 52.4 Å². The van der Waals surface area contributed by atoms with Gasteiger partial charge in [-0.3, -0.25) is 9.79 Å². The maximum absolute atomic E-state index is 11.3. The number of anilines is 1. The van der Waals surface area contributed by atoms with Gasteiger partial charge < -0.3 is 20.3 Å². The van der Waals surface area contributed by atoms with Gasteiger partial charge in [0.1, 0.15) is 0 Å². The second-order valence-corrected chi connectivity index (χ2v) is 7.14. The van der Waals surface area contributed by atoms with Crippen molar-refractivity contribution in [2.75, 3.05) is 37.7 Å². The van der Waals surface area contributed by atoms with Crippen LogP contribution in [0.25, 0.3) is 0 Å². The Kier molecular flexibility index (Phi) is 13.5. The Hall–Kier alpha value is -1.51. The van der Waals surface area contributed by atoms with Crippen molar-refractivity contribution in [1.29, 1.82) is 0 Å². The summed E-state index contributed by atoms with van der Waals surface area (Å²) in [5.74, 6) is 0.828. The minimum atomic E-state index is -0.0831. The second kappa shape index (κ2) is 15.3. The maximum atomic E-state index is 11.3. The van der Waals surface area contributed by atoms with Gasteiger partial charge >= 0.3 is 5.97 Å². The van der Waals surface area contributed by atoms with Crippen LogP contribution in [0.15, 0.2) is 35.3 Å². The quantitative estimate of drug-likeness (QED) is 0.153. The molecule has 2 rings (SSSR count). The fourth-order valence-corrected chi connectivity index (χ4v) is 3.42. The molecule has 164 valence electrons. The lowest BCUT2D eigenvalue weighted by Crippen LogP contribution is -2.44. The smallest absolute Gasteiger partial charge is 0.305 e. The molecule has 1 atom stereocenters. The number of rotatable bonds is 11. The van der Waals surface area contributed by atoms with Gasteiger partial charge in [0, 0.05) is 44.3 Å². The largest absolute Gasteiger partial charge is 0.466 e. The van der Waals surface area contributed by atoms with Crippen molar-refractivity contribution in [3.8, 4) is 0 Å². The fraction of sp³-hybridized carbons (Fsp3) is 0.636. The molecule has 1 aromatic carbocycles. The molecule has 0 bridgehead atoms. The number of carbonyl (C=O) groups excluding carboxylic acids is 1. The van der Waals surface area contributed by atoms with Crippen molar-refractivity contribution in [3.63, 3.8) is 0 Å². The number of halogens is 1. The summed E-state index contributed by atoms with van der Waals surface area (Å²) in [5.41, 5.74) is 1.29. The summed E-state index contributed by atoms with van der Waals surface area (Å²) < 4.78 is 4.95. The molecule has 0 aromatic heterocycles. The summed E-state index contributed by atoms with van der Waals surface area (Å²) in [5, 5.41) is 6.94. The summed E-state index contributed by atoms with van der Waals surface area (Å²) in [6, 6.07) is 11.0. The lowest BCUT2D eigenvalue weighted by molar-refractivity contribution is -0.143. The third-order valence-electron chi connectivity index (χ3n) is 4.86. The van der Waals surface area contributed by atoms with E-state index in [1.54, 1.807) is 0 Å². The van der Waals surface area contributed by atoms with Crippen molar-refractivity contribution < 1.29 is 9.53 Å². The first-order valence-corrected chi connectivity index (χ1v) is 10.7. The van der Waals surface area contributed by atoms with E-state index in [1.807, 2.05) is 6.92 Å². The summed E-state index contributed by atoms with van der Waals surface area (Å²) in [6.07, 6.45) is 5.73. The average molecular weight is 516 g/mol. The molecule has 7 heteroatoms. The number of unbranched alkanes of at least 4 members (excludes halogenated alkanes) is 3. The van der Waals surface area contributed by atoms with E-state index in [0.29, 0.717) is 19.1 Å². The standard InChI is InChI=1S/C22H36N4O2.HI/c1-3-23-22(24-16-11-6-5-10-14-21(27)28-4-2)25-19-15-17-26(18-19)20-12-8-7-9-13-20;/h7-9,12-13,19H,3-6,10-11,14-18H2,1-2H3,(H2,23,24,25);1H. The van der Waals surface area contributed by atoms with Crippen LogP contribution in [0.3, 0.4) is 0 Å². The summed E-state index contributed by atoms with van der Waals surface area (Å²) in [7, 11) is 0.